The summed E-state index contributed by atoms with van der Waals surface area (Å²) in [5.41, 5.74) is 1.43. The zero-order valence-electron chi connectivity index (χ0n) is 9.54. The molecule has 6 heteroatoms. The van der Waals surface area contributed by atoms with Gasteiger partial charge in [0.2, 0.25) is 0 Å². The maximum absolute atomic E-state index is 12.2. The molecule has 1 N–H and O–H groups in total. The molecule has 0 saturated carbocycles. The van der Waals surface area contributed by atoms with Crippen molar-refractivity contribution in [2.24, 2.45) is 4.99 Å². The first-order valence-corrected chi connectivity index (χ1v) is 5.63. The number of amides is 2. The van der Waals surface area contributed by atoms with Crippen LogP contribution in [0.3, 0.4) is 0 Å². The van der Waals surface area contributed by atoms with E-state index < -0.39 is 5.97 Å². The van der Waals surface area contributed by atoms with E-state index >= 15 is 0 Å². The van der Waals surface area contributed by atoms with E-state index in [9.17, 15) is 9.59 Å². The first-order valence-electron chi connectivity index (χ1n) is 5.63. The van der Waals surface area contributed by atoms with E-state index in [1.54, 1.807) is 12.1 Å². The maximum Gasteiger partial charge on any atom is 0.330 e. The number of urea groups is 1. The Morgan fingerprint density at radius 3 is 2.94 bits per heavy atom. The quantitative estimate of drug-likeness (QED) is 0.836. The van der Waals surface area contributed by atoms with Gasteiger partial charge in [0.1, 0.15) is 12.4 Å². The molecule has 2 amide bonds. The normalized spacial score (nSPS) is 17.3. The summed E-state index contributed by atoms with van der Waals surface area (Å²) in [5.74, 6) is -0.380. The molecule has 0 unspecified atom stereocenters. The third-order valence-corrected chi connectivity index (χ3v) is 3.03. The molecule has 6 nitrogen and oxygen atoms in total. The highest BCUT2D eigenvalue weighted by molar-refractivity contribution is 6.20. The number of rotatable bonds is 2. The number of hydrogen-bond acceptors (Lipinski definition) is 3. The lowest BCUT2D eigenvalue weighted by atomic mass is 10.1. The molecule has 0 atom stereocenters. The highest BCUT2D eigenvalue weighted by Gasteiger charge is 2.37. The zero-order valence-corrected chi connectivity index (χ0v) is 9.54. The van der Waals surface area contributed by atoms with Crippen LogP contribution in [0.1, 0.15) is 5.56 Å². The summed E-state index contributed by atoms with van der Waals surface area (Å²) in [6.07, 6.45) is 0. The van der Waals surface area contributed by atoms with Crippen LogP contribution in [-0.4, -0.2) is 47.5 Å². The van der Waals surface area contributed by atoms with Gasteiger partial charge in [0.15, 0.2) is 0 Å². The first-order chi connectivity index (χ1) is 8.68. The molecular formula is C12H11N3O3. The summed E-state index contributed by atoms with van der Waals surface area (Å²) < 4.78 is 0. The molecule has 0 spiro atoms. The number of hydrogen-bond donors (Lipinski definition) is 1. The van der Waals surface area contributed by atoms with E-state index in [4.69, 9.17) is 5.11 Å². The lowest BCUT2D eigenvalue weighted by Gasteiger charge is -2.34. The molecule has 18 heavy (non-hydrogen) atoms. The molecule has 1 aromatic rings. The zero-order chi connectivity index (χ0) is 12.7. The van der Waals surface area contributed by atoms with Crippen molar-refractivity contribution in [2.75, 3.05) is 24.5 Å². The van der Waals surface area contributed by atoms with Crippen LogP contribution in [0.25, 0.3) is 0 Å². The number of fused-ring (bicyclic) bond motifs is 3. The van der Waals surface area contributed by atoms with Crippen LogP contribution in [0.5, 0.6) is 0 Å². The van der Waals surface area contributed by atoms with E-state index in [1.165, 1.54) is 9.80 Å². The summed E-state index contributed by atoms with van der Waals surface area (Å²) in [6.45, 7) is 0.745. The Bertz CT molecular complexity index is 567. The van der Waals surface area contributed by atoms with Crippen LogP contribution >= 0.6 is 0 Å². The standard InChI is InChI=1S/C12H11N3O3/c16-10(17)7-15-9-4-2-1-3-8(9)11-13-5-6-14(11)12(15)18/h1-4H,5-7H2,(H,16,17). The Balaban J connectivity index is 2.12. The molecule has 0 bridgehead atoms. The molecule has 2 aliphatic rings. The highest BCUT2D eigenvalue weighted by atomic mass is 16.4. The summed E-state index contributed by atoms with van der Waals surface area (Å²) in [7, 11) is 0. The van der Waals surface area contributed by atoms with Crippen molar-refractivity contribution >= 4 is 23.5 Å². The van der Waals surface area contributed by atoms with Crippen LogP contribution in [0.15, 0.2) is 29.3 Å². The van der Waals surface area contributed by atoms with Gasteiger partial charge in [-0.3, -0.25) is 19.6 Å². The average molecular weight is 245 g/mol. The number of carboxylic acids is 1. The van der Waals surface area contributed by atoms with Crippen molar-refractivity contribution in [1.82, 2.24) is 4.90 Å². The number of carboxylic acid groups (broad SMARTS) is 1. The summed E-state index contributed by atoms with van der Waals surface area (Å²) in [4.78, 5) is 30.2. The molecular weight excluding hydrogens is 234 g/mol. The summed E-state index contributed by atoms with van der Waals surface area (Å²) >= 11 is 0. The van der Waals surface area contributed by atoms with Crippen molar-refractivity contribution in [3.63, 3.8) is 0 Å². The van der Waals surface area contributed by atoms with E-state index in [-0.39, 0.29) is 12.6 Å². The Kier molecular flexibility index (Phi) is 2.29. The van der Waals surface area contributed by atoms with Gasteiger partial charge in [-0.1, -0.05) is 12.1 Å². The minimum absolute atomic E-state index is 0.313. The minimum Gasteiger partial charge on any atom is -0.480 e. The van der Waals surface area contributed by atoms with Crippen LogP contribution in [0.2, 0.25) is 0 Å². The van der Waals surface area contributed by atoms with E-state index in [0.29, 0.717) is 24.6 Å². The fraction of sp³-hybridized carbons (Fsp3) is 0.250. The predicted octanol–water partition coefficient (Wildman–Crippen LogP) is 0.773. The molecule has 0 aliphatic carbocycles. The number of carbonyl (C=O) groups is 2. The second-order valence-corrected chi connectivity index (χ2v) is 4.14. The Morgan fingerprint density at radius 2 is 2.17 bits per heavy atom. The predicted molar refractivity (Wildman–Crippen MR) is 64.9 cm³/mol. The van der Waals surface area contributed by atoms with Crippen LogP contribution in [0, 0.1) is 0 Å². The molecule has 92 valence electrons. The van der Waals surface area contributed by atoms with Crippen LogP contribution in [-0.2, 0) is 4.79 Å². The maximum atomic E-state index is 12.2. The number of aliphatic carboxylic acids is 1. The van der Waals surface area contributed by atoms with Crippen molar-refractivity contribution in [2.45, 2.75) is 0 Å². The van der Waals surface area contributed by atoms with E-state index in [0.717, 1.165) is 5.56 Å². The van der Waals surface area contributed by atoms with Crippen molar-refractivity contribution in [1.29, 1.82) is 0 Å². The average Bonchev–Trinajstić information content (AvgIpc) is 2.83. The third kappa shape index (κ3) is 1.46. The lowest BCUT2D eigenvalue weighted by Crippen LogP contribution is -2.51. The first kappa shape index (κ1) is 10.8. The van der Waals surface area contributed by atoms with Gasteiger partial charge < -0.3 is 5.11 Å². The molecule has 0 aromatic heterocycles. The van der Waals surface area contributed by atoms with Gasteiger partial charge in [-0.25, -0.2) is 4.79 Å². The molecule has 2 heterocycles. The van der Waals surface area contributed by atoms with Gasteiger partial charge in [0, 0.05) is 12.1 Å². The summed E-state index contributed by atoms with van der Waals surface area (Å²) in [5, 5.41) is 8.91. The topological polar surface area (TPSA) is 73.2 Å². The molecule has 0 saturated heterocycles. The Morgan fingerprint density at radius 1 is 1.39 bits per heavy atom. The second-order valence-electron chi connectivity index (χ2n) is 4.14. The SMILES string of the molecule is O=C(O)CN1C(=O)N2CCN=C2c2ccccc21. The number of para-hydroxylation sites is 1. The van der Waals surface area contributed by atoms with Gasteiger partial charge >= 0.3 is 12.0 Å². The van der Waals surface area contributed by atoms with Gasteiger partial charge in [-0.2, -0.15) is 0 Å². The number of nitrogens with zero attached hydrogens (tertiary/aromatic N) is 3. The fourth-order valence-corrected chi connectivity index (χ4v) is 2.30. The second kappa shape index (κ2) is 3.83. The number of carbonyl (C=O) groups excluding carboxylic acids is 1. The highest BCUT2D eigenvalue weighted by Crippen LogP contribution is 2.30. The minimum atomic E-state index is -1.03. The van der Waals surface area contributed by atoms with Crippen LogP contribution < -0.4 is 4.90 Å². The smallest absolute Gasteiger partial charge is 0.330 e. The van der Waals surface area contributed by atoms with Gasteiger partial charge in [0.25, 0.3) is 0 Å². The largest absolute Gasteiger partial charge is 0.480 e. The molecule has 1 aromatic carbocycles. The van der Waals surface area contributed by atoms with Crippen molar-refractivity contribution in [3.05, 3.63) is 29.8 Å². The fourth-order valence-electron chi connectivity index (χ4n) is 2.30. The number of anilines is 1. The molecule has 0 radical (unpaired) electrons. The Labute approximate surface area is 103 Å². The van der Waals surface area contributed by atoms with Gasteiger partial charge in [-0.15, -0.1) is 0 Å². The van der Waals surface area contributed by atoms with Crippen molar-refractivity contribution < 1.29 is 14.7 Å². The molecule has 3 rings (SSSR count). The number of benzene rings is 1. The summed E-state index contributed by atoms with van der Waals surface area (Å²) in [6, 6.07) is 6.92. The van der Waals surface area contributed by atoms with Gasteiger partial charge in [-0.05, 0) is 12.1 Å². The molecule has 0 fully saturated rings. The van der Waals surface area contributed by atoms with E-state index in [2.05, 4.69) is 4.99 Å². The number of amidine groups is 1. The molecule has 2 aliphatic heterocycles. The van der Waals surface area contributed by atoms with Crippen LogP contribution in [0.4, 0.5) is 10.5 Å². The monoisotopic (exact) mass is 245 g/mol. The lowest BCUT2D eigenvalue weighted by molar-refractivity contribution is -0.135. The van der Waals surface area contributed by atoms with Gasteiger partial charge in [0.05, 0.1) is 12.2 Å². The number of aliphatic imine (C=N–C) groups is 1. The third-order valence-electron chi connectivity index (χ3n) is 3.03. The van der Waals surface area contributed by atoms with Crippen molar-refractivity contribution in [3.8, 4) is 0 Å². The Hall–Kier alpha value is -2.37. The van der Waals surface area contributed by atoms with E-state index in [1.807, 2.05) is 12.1 Å².